The molecule has 0 unspecified atom stereocenters. The van der Waals surface area contributed by atoms with E-state index in [0.717, 1.165) is 5.71 Å². The van der Waals surface area contributed by atoms with Crippen LogP contribution in [0.25, 0.3) is 0 Å². The van der Waals surface area contributed by atoms with Gasteiger partial charge in [-0.3, -0.25) is 0 Å². The lowest BCUT2D eigenvalue weighted by molar-refractivity contribution is 0.174. The van der Waals surface area contributed by atoms with Crippen LogP contribution in [0.2, 0.25) is 0 Å². The first-order chi connectivity index (χ1) is 4.31. The van der Waals surface area contributed by atoms with Crippen LogP contribution >= 0.6 is 0 Å². The van der Waals surface area contributed by atoms with E-state index in [0.29, 0.717) is 13.2 Å². The lowest BCUT2D eigenvalue weighted by atomic mass is 10.4. The van der Waals surface area contributed by atoms with E-state index in [2.05, 4.69) is 11.7 Å². The lowest BCUT2D eigenvalue weighted by Gasteiger charge is -1.94. The minimum absolute atomic E-state index is 0.442. The molecule has 3 nitrogen and oxygen atoms in total. The van der Waals surface area contributed by atoms with Crippen LogP contribution in [0, 0.1) is 0 Å². The second kappa shape index (κ2) is 5.31. The van der Waals surface area contributed by atoms with Crippen LogP contribution in [-0.4, -0.2) is 18.9 Å². The Morgan fingerprint density at radius 1 is 1.89 bits per heavy atom. The Kier molecular flexibility index (Phi) is 4.82. The quantitative estimate of drug-likeness (QED) is 0.260. The van der Waals surface area contributed by atoms with E-state index in [9.17, 15) is 0 Å². The molecule has 0 aliphatic rings. The fourth-order valence-electron chi connectivity index (χ4n) is 0.237. The normalized spacial score (nSPS) is 11.1. The van der Waals surface area contributed by atoms with Gasteiger partial charge in [-0.15, -0.1) is 0 Å². The molecule has 0 heterocycles. The van der Waals surface area contributed by atoms with Gasteiger partial charge in [-0.05, 0) is 6.92 Å². The number of nitrogens with zero attached hydrogens (tertiary/aromatic N) is 1. The van der Waals surface area contributed by atoms with E-state index < -0.39 is 0 Å². The predicted molar refractivity (Wildman–Crippen MR) is 38.3 cm³/mol. The minimum atomic E-state index is 0.442. The zero-order valence-corrected chi connectivity index (χ0v) is 5.63. The molecule has 0 amide bonds. The van der Waals surface area contributed by atoms with E-state index in [4.69, 9.17) is 10.6 Å². The largest absolute Gasteiger partial charge is 0.392 e. The molecule has 0 atom stereocenters. The summed E-state index contributed by atoms with van der Waals surface area (Å²) in [6.45, 7) is 6.15. The maximum Gasteiger partial charge on any atom is 0.135 e. The predicted octanol–water partition coefficient (Wildman–Crippen LogP) is 0.524. The summed E-state index contributed by atoms with van der Waals surface area (Å²) in [4.78, 5) is 4.73. The molecule has 0 aliphatic heterocycles. The van der Waals surface area contributed by atoms with Crippen molar-refractivity contribution in [3.8, 4) is 0 Å². The van der Waals surface area contributed by atoms with Gasteiger partial charge in [0.25, 0.3) is 0 Å². The van der Waals surface area contributed by atoms with Crippen molar-refractivity contribution in [2.75, 3.05) is 13.2 Å². The summed E-state index contributed by atoms with van der Waals surface area (Å²) < 4.78 is 0. The third kappa shape index (κ3) is 5.03. The Labute approximate surface area is 55.2 Å². The van der Waals surface area contributed by atoms with Crippen LogP contribution in [0.5, 0.6) is 0 Å². The van der Waals surface area contributed by atoms with Crippen molar-refractivity contribution in [3.63, 3.8) is 0 Å². The summed E-state index contributed by atoms with van der Waals surface area (Å²) in [5.41, 5.74) is 6.01. The molecule has 0 fully saturated rings. The summed E-state index contributed by atoms with van der Waals surface area (Å²) in [6.07, 6.45) is 1.63. The van der Waals surface area contributed by atoms with E-state index >= 15 is 0 Å². The molecule has 0 aromatic rings. The van der Waals surface area contributed by atoms with Crippen LogP contribution in [0.15, 0.2) is 17.8 Å². The Hall–Kier alpha value is -0.830. The zero-order chi connectivity index (χ0) is 7.11. The van der Waals surface area contributed by atoms with E-state index in [1.165, 1.54) is 0 Å². The van der Waals surface area contributed by atoms with Crippen LogP contribution in [0.4, 0.5) is 0 Å². The average molecular weight is 128 g/mol. The standard InChI is InChI=1S/C6H12N2O/c1-3-4-9-8-6(2)5-7/h3H,1,4-5,7H2,2H3. The van der Waals surface area contributed by atoms with Gasteiger partial charge in [0, 0.05) is 6.54 Å². The molecule has 0 rings (SSSR count). The van der Waals surface area contributed by atoms with E-state index in [1.54, 1.807) is 6.08 Å². The van der Waals surface area contributed by atoms with E-state index in [-0.39, 0.29) is 0 Å². The highest BCUT2D eigenvalue weighted by molar-refractivity contribution is 5.83. The fourth-order valence-corrected chi connectivity index (χ4v) is 0.237. The summed E-state index contributed by atoms with van der Waals surface area (Å²) >= 11 is 0. The first-order valence-electron chi connectivity index (χ1n) is 2.77. The molecular formula is C6H12N2O. The topological polar surface area (TPSA) is 47.6 Å². The van der Waals surface area contributed by atoms with Gasteiger partial charge in [-0.2, -0.15) is 0 Å². The molecule has 0 bridgehead atoms. The third-order valence-electron chi connectivity index (χ3n) is 0.708. The maximum atomic E-state index is 5.22. The molecule has 0 saturated heterocycles. The Bertz CT molecular complexity index is 110. The van der Waals surface area contributed by atoms with Crippen molar-refractivity contribution in [2.24, 2.45) is 10.9 Å². The van der Waals surface area contributed by atoms with Crippen LogP contribution in [0.3, 0.4) is 0 Å². The van der Waals surface area contributed by atoms with Crippen LogP contribution in [-0.2, 0) is 4.84 Å². The van der Waals surface area contributed by atoms with Gasteiger partial charge in [-0.25, -0.2) is 0 Å². The number of oxime groups is 1. The van der Waals surface area contributed by atoms with Gasteiger partial charge < -0.3 is 10.6 Å². The highest BCUT2D eigenvalue weighted by Crippen LogP contribution is 1.78. The van der Waals surface area contributed by atoms with Gasteiger partial charge in [0.15, 0.2) is 0 Å². The van der Waals surface area contributed by atoms with E-state index in [1.807, 2.05) is 6.92 Å². The molecule has 0 radical (unpaired) electrons. The summed E-state index contributed by atoms with van der Waals surface area (Å²) in [6, 6.07) is 0. The molecule has 3 heteroatoms. The van der Waals surface area contributed by atoms with Crippen molar-refractivity contribution in [1.29, 1.82) is 0 Å². The smallest absolute Gasteiger partial charge is 0.135 e. The monoisotopic (exact) mass is 128 g/mol. The molecule has 0 aliphatic carbocycles. The van der Waals surface area contributed by atoms with Crippen LogP contribution in [0.1, 0.15) is 6.92 Å². The first-order valence-corrected chi connectivity index (χ1v) is 2.77. The molecule has 0 aromatic carbocycles. The molecule has 0 saturated carbocycles. The number of hydrogen-bond donors (Lipinski definition) is 1. The zero-order valence-electron chi connectivity index (χ0n) is 5.63. The molecular weight excluding hydrogens is 116 g/mol. The summed E-state index contributed by atoms with van der Waals surface area (Å²) in [7, 11) is 0. The van der Waals surface area contributed by atoms with Crippen LogP contribution < -0.4 is 5.73 Å². The Morgan fingerprint density at radius 3 is 3.00 bits per heavy atom. The molecule has 9 heavy (non-hydrogen) atoms. The first kappa shape index (κ1) is 8.17. The Balaban J connectivity index is 3.31. The molecule has 0 spiro atoms. The molecule has 0 aromatic heterocycles. The SMILES string of the molecule is C=CCON=C(C)CN. The van der Waals surface area contributed by atoms with Crippen molar-refractivity contribution in [1.82, 2.24) is 0 Å². The maximum absolute atomic E-state index is 5.22. The number of hydrogen-bond acceptors (Lipinski definition) is 3. The van der Waals surface area contributed by atoms with Crippen molar-refractivity contribution < 1.29 is 4.84 Å². The highest BCUT2D eigenvalue weighted by Gasteiger charge is 1.82. The molecule has 52 valence electrons. The van der Waals surface area contributed by atoms with Gasteiger partial charge >= 0.3 is 0 Å². The second-order valence-corrected chi connectivity index (χ2v) is 1.62. The summed E-state index contributed by atoms with van der Waals surface area (Å²) in [5, 5.41) is 3.65. The number of rotatable bonds is 4. The third-order valence-corrected chi connectivity index (χ3v) is 0.708. The van der Waals surface area contributed by atoms with Gasteiger partial charge in [0.2, 0.25) is 0 Å². The Morgan fingerprint density at radius 2 is 2.56 bits per heavy atom. The lowest BCUT2D eigenvalue weighted by Crippen LogP contribution is -2.09. The van der Waals surface area contributed by atoms with Gasteiger partial charge in [-0.1, -0.05) is 17.8 Å². The van der Waals surface area contributed by atoms with Crippen molar-refractivity contribution in [2.45, 2.75) is 6.92 Å². The molecule has 2 N–H and O–H groups in total. The fraction of sp³-hybridized carbons (Fsp3) is 0.500. The average Bonchev–Trinajstić information content (AvgIpc) is 1.89. The number of nitrogens with two attached hydrogens (primary N) is 1. The van der Waals surface area contributed by atoms with Gasteiger partial charge in [0.1, 0.15) is 6.61 Å². The highest BCUT2D eigenvalue weighted by atomic mass is 16.6. The minimum Gasteiger partial charge on any atom is -0.392 e. The van der Waals surface area contributed by atoms with Crippen molar-refractivity contribution in [3.05, 3.63) is 12.7 Å². The van der Waals surface area contributed by atoms with Gasteiger partial charge in [0.05, 0.1) is 5.71 Å². The van der Waals surface area contributed by atoms with Crippen molar-refractivity contribution >= 4 is 5.71 Å². The second-order valence-electron chi connectivity index (χ2n) is 1.62. The summed E-state index contributed by atoms with van der Waals surface area (Å²) in [5.74, 6) is 0.